The minimum Gasteiger partial charge on any atom is -0.480 e. The number of carboxylic acids is 1. The van der Waals surface area contributed by atoms with Crippen LogP contribution in [-0.2, 0) is 26.0 Å². The van der Waals surface area contributed by atoms with Crippen molar-refractivity contribution in [3.8, 4) is 0 Å². The number of hydrogen-bond acceptors (Lipinski definition) is 7. The average Bonchev–Trinajstić information content (AvgIpc) is 3.31. The van der Waals surface area contributed by atoms with Crippen molar-refractivity contribution in [3.63, 3.8) is 0 Å². The van der Waals surface area contributed by atoms with E-state index in [1.807, 2.05) is 6.07 Å². The highest BCUT2D eigenvalue weighted by Crippen LogP contribution is 2.32. The lowest BCUT2D eigenvalue weighted by Gasteiger charge is -2.38. The number of carbonyl (C=O) groups is 2. The maximum atomic E-state index is 13.6. The number of sulfonamides is 1. The Morgan fingerprint density at radius 3 is 2.78 bits per heavy atom. The van der Waals surface area contributed by atoms with Crippen LogP contribution in [0.1, 0.15) is 44.6 Å². The third-order valence-electron chi connectivity index (χ3n) is 6.76. The summed E-state index contributed by atoms with van der Waals surface area (Å²) < 4.78 is 29.7. The number of H-pyrrole nitrogens is 1. The summed E-state index contributed by atoms with van der Waals surface area (Å²) in [6, 6.07) is 3.87. The fraction of sp³-hybridized carbons (Fsp3) is 0.542. The SMILES string of the molecule is CC1CNc2c(cccc2S(=O)(=O)N[C@@H](CCCNc2ncc[nH]2)C(=O)N(CC(=O)O)C2CCC2)C1. The summed E-state index contributed by atoms with van der Waals surface area (Å²) in [7, 11) is -4.07. The van der Waals surface area contributed by atoms with Gasteiger partial charge in [0, 0.05) is 31.5 Å². The third-order valence-corrected chi connectivity index (χ3v) is 8.27. The highest BCUT2D eigenvalue weighted by molar-refractivity contribution is 7.89. The molecule has 1 saturated carbocycles. The van der Waals surface area contributed by atoms with Crippen LogP contribution in [0, 0.1) is 5.92 Å². The summed E-state index contributed by atoms with van der Waals surface area (Å²) in [5, 5.41) is 15.7. The molecule has 2 heterocycles. The largest absolute Gasteiger partial charge is 0.480 e. The Morgan fingerprint density at radius 2 is 2.11 bits per heavy atom. The van der Waals surface area contributed by atoms with E-state index in [4.69, 9.17) is 0 Å². The lowest BCUT2D eigenvalue weighted by Crippen LogP contribution is -2.55. The molecule has 2 aromatic rings. The zero-order chi connectivity index (χ0) is 25.7. The second kappa shape index (κ2) is 11.3. The molecule has 12 heteroatoms. The number of aliphatic carboxylic acids is 1. The number of para-hydroxylation sites is 1. The second-order valence-corrected chi connectivity index (χ2v) is 11.3. The summed E-state index contributed by atoms with van der Waals surface area (Å²) in [4.78, 5) is 33.5. The van der Waals surface area contributed by atoms with Gasteiger partial charge in [0.1, 0.15) is 17.5 Å². The molecule has 0 spiro atoms. The maximum Gasteiger partial charge on any atom is 0.323 e. The van der Waals surface area contributed by atoms with Gasteiger partial charge in [-0.3, -0.25) is 9.59 Å². The molecule has 0 saturated heterocycles. The van der Waals surface area contributed by atoms with Crippen LogP contribution in [0.4, 0.5) is 11.6 Å². The van der Waals surface area contributed by atoms with E-state index >= 15 is 0 Å². The Hall–Kier alpha value is -3.12. The van der Waals surface area contributed by atoms with Crippen LogP contribution in [0.3, 0.4) is 0 Å². The first-order valence-corrected chi connectivity index (χ1v) is 13.9. The molecule has 1 aliphatic carbocycles. The molecule has 4 rings (SSSR count). The monoisotopic (exact) mass is 518 g/mol. The van der Waals surface area contributed by atoms with Crippen LogP contribution in [0.5, 0.6) is 0 Å². The number of carboxylic acid groups (broad SMARTS) is 1. The zero-order valence-corrected chi connectivity index (χ0v) is 21.2. The topological polar surface area (TPSA) is 157 Å². The van der Waals surface area contributed by atoms with Crippen molar-refractivity contribution >= 4 is 33.5 Å². The first-order chi connectivity index (χ1) is 17.2. The molecule has 1 amide bonds. The van der Waals surface area contributed by atoms with Crippen LogP contribution < -0.4 is 15.4 Å². The Bertz CT molecular complexity index is 1170. The average molecular weight is 519 g/mol. The van der Waals surface area contributed by atoms with Gasteiger partial charge < -0.3 is 25.6 Å². The number of rotatable bonds is 12. The maximum absolute atomic E-state index is 13.6. The number of amides is 1. The fourth-order valence-corrected chi connectivity index (χ4v) is 6.13. The zero-order valence-electron chi connectivity index (χ0n) is 20.4. The van der Waals surface area contributed by atoms with E-state index in [9.17, 15) is 23.1 Å². The van der Waals surface area contributed by atoms with E-state index in [1.54, 1.807) is 18.5 Å². The number of benzene rings is 1. The molecule has 5 N–H and O–H groups in total. The highest BCUT2D eigenvalue weighted by atomic mass is 32.2. The number of aromatic nitrogens is 2. The van der Waals surface area contributed by atoms with Gasteiger partial charge in [-0.05, 0) is 56.1 Å². The summed E-state index contributed by atoms with van der Waals surface area (Å²) >= 11 is 0. The standard InChI is InChI=1S/C24H34N6O5S/c1-16-13-17-5-2-9-20(22(17)28-14-16)36(34,35)29-19(8-4-10-25-24-26-11-12-27-24)23(33)30(15-21(31)32)18-6-3-7-18/h2,5,9,11-12,16,18-19,28-29H,3-4,6-8,10,13-15H2,1H3,(H,31,32)(H2,25,26,27)/t16?,19-/m0/s1. The Kier molecular flexibility index (Phi) is 8.14. The second-order valence-electron chi connectivity index (χ2n) is 9.61. The molecule has 2 aliphatic rings. The number of anilines is 2. The van der Waals surface area contributed by atoms with Crippen molar-refractivity contribution in [2.45, 2.75) is 62.4 Å². The van der Waals surface area contributed by atoms with Crippen molar-refractivity contribution in [1.29, 1.82) is 0 Å². The van der Waals surface area contributed by atoms with Gasteiger partial charge in [-0.25, -0.2) is 13.4 Å². The molecular weight excluding hydrogens is 484 g/mol. The van der Waals surface area contributed by atoms with Gasteiger partial charge in [0.15, 0.2) is 5.95 Å². The van der Waals surface area contributed by atoms with Crippen LogP contribution >= 0.6 is 0 Å². The molecule has 1 aromatic heterocycles. The Balaban J connectivity index is 1.54. The van der Waals surface area contributed by atoms with Crippen LogP contribution in [0.25, 0.3) is 0 Å². The molecule has 1 aliphatic heterocycles. The summed E-state index contributed by atoms with van der Waals surface area (Å²) in [5.74, 6) is -0.662. The number of hydrogen-bond donors (Lipinski definition) is 5. The lowest BCUT2D eigenvalue weighted by molar-refractivity contribution is -0.148. The molecule has 11 nitrogen and oxygen atoms in total. The Labute approximate surface area is 211 Å². The predicted molar refractivity (Wildman–Crippen MR) is 135 cm³/mol. The normalized spacial score (nSPS) is 18.4. The van der Waals surface area contributed by atoms with Crippen LogP contribution in [-0.4, -0.2) is 72.0 Å². The van der Waals surface area contributed by atoms with Gasteiger partial charge >= 0.3 is 5.97 Å². The Morgan fingerprint density at radius 1 is 1.31 bits per heavy atom. The van der Waals surface area contributed by atoms with Gasteiger partial charge in [0.25, 0.3) is 0 Å². The fourth-order valence-electron chi connectivity index (χ4n) is 4.68. The van der Waals surface area contributed by atoms with Gasteiger partial charge in [0.05, 0.1) is 5.69 Å². The number of aromatic amines is 1. The van der Waals surface area contributed by atoms with Gasteiger partial charge in [0.2, 0.25) is 15.9 Å². The van der Waals surface area contributed by atoms with Gasteiger partial charge in [-0.2, -0.15) is 4.72 Å². The van der Waals surface area contributed by atoms with Gasteiger partial charge in [-0.15, -0.1) is 0 Å². The quantitative estimate of drug-likeness (QED) is 0.267. The molecule has 36 heavy (non-hydrogen) atoms. The molecule has 1 unspecified atom stereocenters. The molecular formula is C24H34N6O5S. The number of imidazole rings is 1. The molecule has 1 aromatic carbocycles. The van der Waals surface area contributed by atoms with E-state index in [2.05, 4.69) is 32.2 Å². The van der Waals surface area contributed by atoms with Crippen molar-refractivity contribution in [2.75, 3.05) is 30.3 Å². The first kappa shape index (κ1) is 26.0. The molecule has 196 valence electrons. The minimum absolute atomic E-state index is 0.104. The van der Waals surface area contributed by atoms with Crippen LogP contribution in [0.2, 0.25) is 0 Å². The lowest BCUT2D eigenvalue weighted by atomic mass is 9.90. The number of carbonyl (C=O) groups excluding carboxylic acids is 1. The highest BCUT2D eigenvalue weighted by Gasteiger charge is 2.36. The van der Waals surface area contributed by atoms with Crippen molar-refractivity contribution in [3.05, 3.63) is 36.2 Å². The van der Waals surface area contributed by atoms with Crippen molar-refractivity contribution < 1.29 is 23.1 Å². The van der Waals surface area contributed by atoms with Crippen molar-refractivity contribution in [2.24, 2.45) is 5.92 Å². The van der Waals surface area contributed by atoms with E-state index in [0.717, 1.165) is 18.4 Å². The van der Waals surface area contributed by atoms with Crippen LogP contribution in [0.15, 0.2) is 35.5 Å². The molecule has 2 atom stereocenters. The molecule has 1 fully saturated rings. The van der Waals surface area contributed by atoms with E-state index in [-0.39, 0.29) is 17.4 Å². The van der Waals surface area contributed by atoms with E-state index < -0.39 is 34.5 Å². The number of fused-ring (bicyclic) bond motifs is 1. The smallest absolute Gasteiger partial charge is 0.323 e. The molecule has 0 bridgehead atoms. The van der Waals surface area contributed by atoms with Gasteiger partial charge in [-0.1, -0.05) is 19.1 Å². The third kappa shape index (κ3) is 6.16. The van der Waals surface area contributed by atoms with Crippen molar-refractivity contribution in [1.82, 2.24) is 19.6 Å². The molecule has 0 radical (unpaired) electrons. The van der Waals surface area contributed by atoms with E-state index in [1.165, 1.54) is 11.0 Å². The summed E-state index contributed by atoms with van der Waals surface area (Å²) in [5.41, 5.74) is 1.49. The predicted octanol–water partition coefficient (Wildman–Crippen LogP) is 2.02. The summed E-state index contributed by atoms with van der Waals surface area (Å²) in [6.45, 7) is 2.76. The number of nitrogens with zero attached hydrogens (tertiary/aromatic N) is 2. The van der Waals surface area contributed by atoms with E-state index in [0.29, 0.717) is 49.9 Å². The summed E-state index contributed by atoms with van der Waals surface area (Å²) in [6.07, 6.45) is 7.07. The number of nitrogens with one attached hydrogen (secondary N) is 4. The first-order valence-electron chi connectivity index (χ1n) is 12.4. The minimum atomic E-state index is -4.07.